The van der Waals surface area contributed by atoms with E-state index in [1.165, 1.54) is 36.3 Å². The fraction of sp³-hybridized carbons (Fsp3) is 0.200. The number of hydrogen-bond acceptors (Lipinski definition) is 4. The van der Waals surface area contributed by atoms with Crippen LogP contribution in [0.4, 0.5) is 4.39 Å². The summed E-state index contributed by atoms with van der Waals surface area (Å²) in [5.41, 5.74) is 2.27. The smallest absolute Gasteiger partial charge is 0.333 e. The Morgan fingerprint density at radius 1 is 0.968 bits per heavy atom. The molecule has 1 unspecified atom stereocenters. The minimum Gasteiger partial charge on any atom is -0.467 e. The number of carbonyl (C=O) groups excluding carboxylic acids is 2. The molecule has 0 radical (unpaired) electrons. The molecule has 0 aliphatic carbocycles. The Hall–Kier alpha value is -3.51. The Labute approximate surface area is 180 Å². The molecule has 1 aliphatic rings. The van der Waals surface area contributed by atoms with Crippen LogP contribution >= 0.6 is 0 Å². The van der Waals surface area contributed by atoms with Gasteiger partial charge in [0.2, 0.25) is 0 Å². The summed E-state index contributed by atoms with van der Waals surface area (Å²) in [5.74, 6) is -1.34. The number of carbonyl (C=O) groups is 2. The normalized spacial score (nSPS) is 18.9. The minimum atomic E-state index is -1.00. The summed E-state index contributed by atoms with van der Waals surface area (Å²) in [6.45, 7) is 0.272. The Morgan fingerprint density at radius 2 is 1.58 bits per heavy atom. The number of likely N-dealkylation sites (tertiary alicyclic amines) is 1. The van der Waals surface area contributed by atoms with Crippen molar-refractivity contribution >= 4 is 11.9 Å². The lowest BCUT2D eigenvalue weighted by Crippen LogP contribution is -2.62. The third-order valence-electron chi connectivity index (χ3n) is 5.39. The molecule has 4 rings (SSSR count). The standard InChI is InChI=1S/C25H22FNO4/c1-30-25(29)22(19-12-14-20(26)15-13-19)27-21(18-10-6-3-7-11-18)23(24(27)28)31-16-17-8-4-2-5-9-17/h2-15,21-23H,16H2,1H3/t21-,22?,23+/m1/s1. The van der Waals surface area contributed by atoms with Crippen LogP contribution in [-0.4, -0.2) is 30.0 Å². The maximum atomic E-state index is 13.5. The van der Waals surface area contributed by atoms with E-state index in [4.69, 9.17) is 9.47 Å². The van der Waals surface area contributed by atoms with E-state index >= 15 is 0 Å². The second-order valence-corrected chi connectivity index (χ2v) is 7.30. The number of rotatable bonds is 7. The molecule has 3 aromatic rings. The monoisotopic (exact) mass is 419 g/mol. The van der Waals surface area contributed by atoms with Gasteiger partial charge >= 0.3 is 5.97 Å². The highest BCUT2D eigenvalue weighted by Gasteiger charge is 2.54. The molecule has 3 atom stereocenters. The van der Waals surface area contributed by atoms with Gasteiger partial charge in [0.15, 0.2) is 12.1 Å². The molecule has 1 heterocycles. The molecule has 0 spiro atoms. The molecule has 1 amide bonds. The molecule has 0 saturated carbocycles. The first-order valence-corrected chi connectivity index (χ1v) is 9.96. The molecule has 1 aliphatic heterocycles. The van der Waals surface area contributed by atoms with Crippen molar-refractivity contribution < 1.29 is 23.5 Å². The van der Waals surface area contributed by atoms with Gasteiger partial charge in [0.1, 0.15) is 5.82 Å². The van der Waals surface area contributed by atoms with E-state index < -0.39 is 30.0 Å². The van der Waals surface area contributed by atoms with E-state index in [9.17, 15) is 14.0 Å². The van der Waals surface area contributed by atoms with Crippen LogP contribution in [0.3, 0.4) is 0 Å². The summed E-state index contributed by atoms with van der Waals surface area (Å²) in [6, 6.07) is 23.0. The van der Waals surface area contributed by atoms with Gasteiger partial charge in [-0.15, -0.1) is 0 Å². The lowest BCUT2D eigenvalue weighted by Gasteiger charge is -2.49. The average molecular weight is 419 g/mol. The minimum absolute atomic E-state index is 0.272. The highest BCUT2D eigenvalue weighted by atomic mass is 19.1. The maximum absolute atomic E-state index is 13.5. The molecule has 158 valence electrons. The lowest BCUT2D eigenvalue weighted by molar-refractivity contribution is -0.189. The van der Waals surface area contributed by atoms with Gasteiger partial charge < -0.3 is 14.4 Å². The van der Waals surface area contributed by atoms with E-state index in [0.717, 1.165) is 11.1 Å². The molecule has 0 N–H and O–H groups in total. The predicted octanol–water partition coefficient (Wildman–Crippen LogP) is 4.21. The van der Waals surface area contributed by atoms with Crippen molar-refractivity contribution in [2.75, 3.05) is 7.11 Å². The molecule has 5 nitrogen and oxygen atoms in total. The van der Waals surface area contributed by atoms with E-state index in [1.54, 1.807) is 0 Å². The molecule has 3 aromatic carbocycles. The second kappa shape index (κ2) is 9.10. The van der Waals surface area contributed by atoms with Crippen molar-refractivity contribution in [1.82, 2.24) is 4.90 Å². The SMILES string of the molecule is COC(=O)C(c1ccc(F)cc1)N1C(=O)[C@@H](OCc2ccccc2)[C@H]1c1ccccc1. The van der Waals surface area contributed by atoms with Gasteiger partial charge in [0, 0.05) is 0 Å². The summed E-state index contributed by atoms with van der Waals surface area (Å²) in [5, 5.41) is 0. The van der Waals surface area contributed by atoms with E-state index in [2.05, 4.69) is 0 Å². The predicted molar refractivity (Wildman–Crippen MR) is 112 cm³/mol. The van der Waals surface area contributed by atoms with Gasteiger partial charge in [-0.2, -0.15) is 0 Å². The molecule has 1 saturated heterocycles. The largest absolute Gasteiger partial charge is 0.467 e. The van der Waals surface area contributed by atoms with Gasteiger partial charge in [-0.25, -0.2) is 9.18 Å². The summed E-state index contributed by atoms with van der Waals surface area (Å²) in [7, 11) is 1.27. The number of halogens is 1. The molecule has 31 heavy (non-hydrogen) atoms. The van der Waals surface area contributed by atoms with Gasteiger partial charge in [0.05, 0.1) is 19.8 Å². The lowest BCUT2D eigenvalue weighted by atomic mass is 9.86. The van der Waals surface area contributed by atoms with Crippen molar-refractivity contribution in [2.45, 2.75) is 24.8 Å². The second-order valence-electron chi connectivity index (χ2n) is 7.30. The van der Waals surface area contributed by atoms with Crippen LogP contribution in [0.25, 0.3) is 0 Å². The molecular formula is C25H22FNO4. The van der Waals surface area contributed by atoms with Gasteiger partial charge in [0.25, 0.3) is 5.91 Å². The highest BCUT2D eigenvalue weighted by molar-refractivity contribution is 5.94. The molecule has 1 fully saturated rings. The van der Waals surface area contributed by atoms with Crippen LogP contribution in [0.1, 0.15) is 28.8 Å². The van der Waals surface area contributed by atoms with Crippen LogP contribution in [0.15, 0.2) is 84.9 Å². The fourth-order valence-electron chi connectivity index (χ4n) is 3.85. The van der Waals surface area contributed by atoms with E-state index in [-0.39, 0.29) is 12.5 Å². The number of methoxy groups -OCH3 is 1. The zero-order chi connectivity index (χ0) is 21.8. The number of benzene rings is 3. The van der Waals surface area contributed by atoms with E-state index in [1.807, 2.05) is 60.7 Å². The van der Waals surface area contributed by atoms with Gasteiger partial charge in [-0.1, -0.05) is 72.8 Å². The van der Waals surface area contributed by atoms with Crippen LogP contribution in [0, 0.1) is 5.82 Å². The van der Waals surface area contributed by atoms with Gasteiger partial charge in [-0.05, 0) is 28.8 Å². The van der Waals surface area contributed by atoms with Crippen LogP contribution in [-0.2, 0) is 25.7 Å². The van der Waals surface area contributed by atoms with Crippen LogP contribution in [0.5, 0.6) is 0 Å². The zero-order valence-corrected chi connectivity index (χ0v) is 17.0. The Balaban J connectivity index is 1.66. The molecule has 0 aromatic heterocycles. The zero-order valence-electron chi connectivity index (χ0n) is 17.0. The van der Waals surface area contributed by atoms with Crippen molar-refractivity contribution in [3.8, 4) is 0 Å². The van der Waals surface area contributed by atoms with Crippen molar-refractivity contribution in [1.29, 1.82) is 0 Å². The Kier molecular flexibility index (Phi) is 6.09. The van der Waals surface area contributed by atoms with Crippen LogP contribution < -0.4 is 0 Å². The quantitative estimate of drug-likeness (QED) is 0.425. The molecule has 6 heteroatoms. The number of esters is 1. The number of nitrogens with zero attached hydrogens (tertiary/aromatic N) is 1. The third kappa shape index (κ3) is 4.20. The highest BCUT2D eigenvalue weighted by Crippen LogP contribution is 2.44. The molecular weight excluding hydrogens is 397 g/mol. The van der Waals surface area contributed by atoms with Crippen molar-refractivity contribution in [3.63, 3.8) is 0 Å². The average Bonchev–Trinajstić information content (AvgIpc) is 2.81. The Bertz CT molecular complexity index is 1040. The van der Waals surface area contributed by atoms with Crippen molar-refractivity contribution in [3.05, 3.63) is 107 Å². The number of ether oxygens (including phenoxy) is 2. The fourth-order valence-corrected chi connectivity index (χ4v) is 3.85. The van der Waals surface area contributed by atoms with Crippen molar-refractivity contribution in [2.24, 2.45) is 0 Å². The Morgan fingerprint density at radius 3 is 2.19 bits per heavy atom. The first-order valence-electron chi connectivity index (χ1n) is 9.96. The number of β-lactam (4-membered cyclic amide) rings is 1. The topological polar surface area (TPSA) is 55.8 Å². The summed E-state index contributed by atoms with van der Waals surface area (Å²) in [6.07, 6.45) is -0.741. The summed E-state index contributed by atoms with van der Waals surface area (Å²) < 4.78 is 24.4. The first kappa shape index (κ1) is 20.8. The first-order chi connectivity index (χ1) is 15.1. The third-order valence-corrected chi connectivity index (χ3v) is 5.39. The van der Waals surface area contributed by atoms with Crippen LogP contribution in [0.2, 0.25) is 0 Å². The maximum Gasteiger partial charge on any atom is 0.333 e. The number of amides is 1. The van der Waals surface area contributed by atoms with E-state index in [0.29, 0.717) is 5.56 Å². The summed E-state index contributed by atoms with van der Waals surface area (Å²) >= 11 is 0. The summed E-state index contributed by atoms with van der Waals surface area (Å²) in [4.78, 5) is 27.3. The van der Waals surface area contributed by atoms with Gasteiger partial charge in [-0.3, -0.25) is 4.79 Å². The molecule has 0 bridgehead atoms. The number of hydrogen-bond donors (Lipinski definition) is 0.